The SMILES string of the molecule is C=C(c1c(C)c(C(=O)OC(C)C)cc2cc(-c3cnn(C)c3)cn12)N1CCOCC1. The first-order chi connectivity index (χ1) is 14.3. The molecule has 1 aliphatic rings. The predicted molar refractivity (Wildman–Crippen MR) is 116 cm³/mol. The molecule has 4 heterocycles. The summed E-state index contributed by atoms with van der Waals surface area (Å²) in [5, 5.41) is 4.28. The third-order valence-corrected chi connectivity index (χ3v) is 5.41. The van der Waals surface area contributed by atoms with Gasteiger partial charge >= 0.3 is 5.97 Å². The molecule has 1 fully saturated rings. The molecule has 0 amide bonds. The van der Waals surface area contributed by atoms with Gasteiger partial charge in [0.25, 0.3) is 0 Å². The summed E-state index contributed by atoms with van der Waals surface area (Å²) in [6.07, 6.45) is 5.72. The van der Waals surface area contributed by atoms with Crippen molar-refractivity contribution in [2.75, 3.05) is 26.3 Å². The molecule has 0 radical (unpaired) electrons. The maximum Gasteiger partial charge on any atom is 0.338 e. The van der Waals surface area contributed by atoms with E-state index in [9.17, 15) is 4.79 Å². The van der Waals surface area contributed by atoms with E-state index in [2.05, 4.69) is 33.2 Å². The molecule has 30 heavy (non-hydrogen) atoms. The van der Waals surface area contributed by atoms with Crippen LogP contribution < -0.4 is 0 Å². The molecule has 1 saturated heterocycles. The Morgan fingerprint density at radius 2 is 1.93 bits per heavy atom. The Hall–Kier alpha value is -3.06. The van der Waals surface area contributed by atoms with Gasteiger partial charge in [-0.3, -0.25) is 4.68 Å². The molecule has 0 bridgehead atoms. The Kier molecular flexibility index (Phi) is 5.39. The van der Waals surface area contributed by atoms with E-state index in [-0.39, 0.29) is 12.1 Å². The summed E-state index contributed by atoms with van der Waals surface area (Å²) in [6, 6.07) is 3.97. The van der Waals surface area contributed by atoms with E-state index < -0.39 is 0 Å². The van der Waals surface area contributed by atoms with Gasteiger partial charge in [-0.1, -0.05) is 6.58 Å². The van der Waals surface area contributed by atoms with Crippen LogP contribution in [0.15, 0.2) is 37.3 Å². The van der Waals surface area contributed by atoms with Crippen LogP contribution in [0.3, 0.4) is 0 Å². The van der Waals surface area contributed by atoms with Crippen LogP contribution in [-0.4, -0.2) is 57.5 Å². The van der Waals surface area contributed by atoms with E-state index in [1.165, 1.54) is 0 Å². The van der Waals surface area contributed by atoms with Gasteiger partial charge in [-0.15, -0.1) is 0 Å². The van der Waals surface area contributed by atoms with E-state index in [0.717, 1.165) is 46.7 Å². The molecule has 1 aliphatic heterocycles. The minimum absolute atomic E-state index is 0.184. The Morgan fingerprint density at radius 3 is 2.57 bits per heavy atom. The summed E-state index contributed by atoms with van der Waals surface area (Å²) in [6.45, 7) is 13.0. The normalized spacial score (nSPS) is 14.5. The Bertz CT molecular complexity index is 1100. The third-order valence-electron chi connectivity index (χ3n) is 5.41. The van der Waals surface area contributed by atoms with Crippen molar-refractivity contribution in [3.8, 4) is 11.1 Å². The zero-order chi connectivity index (χ0) is 21.4. The molecule has 4 rings (SSSR count). The smallest absolute Gasteiger partial charge is 0.338 e. The molecule has 3 aromatic heterocycles. The minimum Gasteiger partial charge on any atom is -0.459 e. The number of hydrogen-bond donors (Lipinski definition) is 0. The number of nitrogens with zero attached hydrogens (tertiary/aromatic N) is 4. The summed E-state index contributed by atoms with van der Waals surface area (Å²) in [4.78, 5) is 15.1. The maximum absolute atomic E-state index is 12.8. The Morgan fingerprint density at radius 1 is 1.20 bits per heavy atom. The number of pyridine rings is 1. The lowest BCUT2D eigenvalue weighted by atomic mass is 10.0. The molecule has 7 heteroatoms. The fraction of sp³-hybridized carbons (Fsp3) is 0.391. The molecule has 0 aromatic carbocycles. The second kappa shape index (κ2) is 7.99. The largest absolute Gasteiger partial charge is 0.459 e. The molecular weight excluding hydrogens is 380 g/mol. The molecule has 0 N–H and O–H groups in total. The van der Waals surface area contributed by atoms with Gasteiger partial charge in [0.1, 0.15) is 0 Å². The van der Waals surface area contributed by atoms with E-state index in [4.69, 9.17) is 9.47 Å². The first-order valence-corrected chi connectivity index (χ1v) is 10.2. The Balaban J connectivity index is 1.88. The van der Waals surface area contributed by atoms with Gasteiger partial charge < -0.3 is 18.8 Å². The van der Waals surface area contributed by atoms with E-state index >= 15 is 0 Å². The number of morpholine rings is 1. The molecule has 0 saturated carbocycles. The van der Waals surface area contributed by atoms with E-state index in [1.807, 2.05) is 46.3 Å². The second-order valence-corrected chi connectivity index (χ2v) is 7.96. The molecular formula is C23H28N4O3. The number of carbonyl (C=O) groups excluding carboxylic acids is 1. The predicted octanol–water partition coefficient (Wildman–Crippen LogP) is 3.52. The summed E-state index contributed by atoms with van der Waals surface area (Å²) in [5.41, 5.74) is 6.20. The van der Waals surface area contributed by atoms with Crippen molar-refractivity contribution in [1.82, 2.24) is 19.1 Å². The topological polar surface area (TPSA) is 61.0 Å². The number of carbonyl (C=O) groups is 1. The summed E-state index contributed by atoms with van der Waals surface area (Å²) < 4.78 is 14.9. The van der Waals surface area contributed by atoms with Gasteiger partial charge in [-0.2, -0.15) is 5.10 Å². The zero-order valence-electron chi connectivity index (χ0n) is 18.0. The Labute approximate surface area is 176 Å². The highest BCUT2D eigenvalue weighted by Crippen LogP contribution is 2.31. The highest BCUT2D eigenvalue weighted by atomic mass is 16.5. The van der Waals surface area contributed by atoms with Crippen molar-refractivity contribution in [2.24, 2.45) is 7.05 Å². The third kappa shape index (κ3) is 3.73. The van der Waals surface area contributed by atoms with Crippen LogP contribution in [-0.2, 0) is 16.5 Å². The number of aryl methyl sites for hydroxylation is 1. The average Bonchev–Trinajstić information content (AvgIpc) is 3.33. The fourth-order valence-electron chi connectivity index (χ4n) is 3.91. The van der Waals surface area contributed by atoms with Crippen molar-refractivity contribution in [1.29, 1.82) is 0 Å². The number of ether oxygens (including phenoxy) is 2. The van der Waals surface area contributed by atoms with Gasteiger partial charge in [0.2, 0.25) is 0 Å². The van der Waals surface area contributed by atoms with Crippen molar-refractivity contribution in [3.05, 3.63) is 54.1 Å². The molecule has 7 nitrogen and oxygen atoms in total. The fourth-order valence-corrected chi connectivity index (χ4v) is 3.91. The maximum atomic E-state index is 12.8. The zero-order valence-corrected chi connectivity index (χ0v) is 18.0. The summed E-state index contributed by atoms with van der Waals surface area (Å²) >= 11 is 0. The van der Waals surface area contributed by atoms with Crippen molar-refractivity contribution >= 4 is 17.2 Å². The first kappa shape index (κ1) is 20.2. The van der Waals surface area contributed by atoms with Crippen molar-refractivity contribution < 1.29 is 14.3 Å². The molecule has 3 aromatic rings. The summed E-state index contributed by atoms with van der Waals surface area (Å²) in [7, 11) is 1.90. The number of fused-ring (bicyclic) bond motifs is 1. The lowest BCUT2D eigenvalue weighted by molar-refractivity contribution is 0.0377. The monoisotopic (exact) mass is 408 g/mol. The van der Waals surface area contributed by atoms with Crippen LogP contribution in [0, 0.1) is 6.92 Å². The van der Waals surface area contributed by atoms with Crippen LogP contribution in [0.4, 0.5) is 0 Å². The number of hydrogen-bond acceptors (Lipinski definition) is 5. The average molecular weight is 409 g/mol. The van der Waals surface area contributed by atoms with E-state index in [1.54, 1.807) is 4.68 Å². The van der Waals surface area contributed by atoms with Crippen LogP contribution in [0.25, 0.3) is 22.3 Å². The first-order valence-electron chi connectivity index (χ1n) is 10.2. The molecule has 158 valence electrons. The lowest BCUT2D eigenvalue weighted by Gasteiger charge is -2.31. The number of esters is 1. The van der Waals surface area contributed by atoms with Crippen LogP contribution in [0.1, 0.15) is 35.5 Å². The van der Waals surface area contributed by atoms with Gasteiger partial charge in [-0.25, -0.2) is 4.79 Å². The highest BCUT2D eigenvalue weighted by Gasteiger charge is 2.23. The van der Waals surface area contributed by atoms with Crippen LogP contribution in [0.5, 0.6) is 0 Å². The van der Waals surface area contributed by atoms with Crippen LogP contribution >= 0.6 is 0 Å². The van der Waals surface area contributed by atoms with Crippen molar-refractivity contribution in [2.45, 2.75) is 26.9 Å². The van der Waals surface area contributed by atoms with Gasteiger partial charge in [0, 0.05) is 49.2 Å². The summed E-state index contributed by atoms with van der Waals surface area (Å²) in [5.74, 6) is -0.315. The molecule has 0 unspecified atom stereocenters. The van der Waals surface area contributed by atoms with Crippen molar-refractivity contribution in [3.63, 3.8) is 0 Å². The number of aromatic nitrogens is 3. The minimum atomic E-state index is -0.315. The van der Waals surface area contributed by atoms with Gasteiger partial charge in [-0.05, 0) is 38.5 Å². The molecule has 0 spiro atoms. The van der Waals surface area contributed by atoms with E-state index in [0.29, 0.717) is 18.8 Å². The number of rotatable bonds is 5. The second-order valence-electron chi connectivity index (χ2n) is 7.96. The van der Waals surface area contributed by atoms with Gasteiger partial charge in [0.05, 0.1) is 42.5 Å². The quantitative estimate of drug-likeness (QED) is 0.605. The molecule has 0 atom stereocenters. The molecule has 0 aliphatic carbocycles. The van der Waals surface area contributed by atoms with Crippen LogP contribution in [0.2, 0.25) is 0 Å². The van der Waals surface area contributed by atoms with Gasteiger partial charge in [0.15, 0.2) is 0 Å². The lowest BCUT2D eigenvalue weighted by Crippen LogP contribution is -2.35. The standard InChI is InChI=1S/C23H28N4O3/c1-15(2)30-23(28)21-11-20-10-18(19-12-24-25(5)13-19)14-27(20)22(16(21)3)17(4)26-6-8-29-9-7-26/h10-15H,4,6-9H2,1-3,5H3. The highest BCUT2D eigenvalue weighted by molar-refractivity contribution is 5.94.